The summed E-state index contributed by atoms with van der Waals surface area (Å²) >= 11 is 0. The van der Waals surface area contributed by atoms with E-state index in [0.29, 0.717) is 5.69 Å². The molecular formula is C20H25FN2O. The highest BCUT2D eigenvalue weighted by molar-refractivity contribution is 5.99. The summed E-state index contributed by atoms with van der Waals surface area (Å²) in [6.45, 7) is 2.22. The minimum absolute atomic E-state index is 0.328. The van der Waals surface area contributed by atoms with Crippen molar-refractivity contribution in [2.45, 2.75) is 45.4 Å². The molecule has 2 amide bonds. The SMILES string of the molecule is CCCCCCCc1ccc(NC(=O)Nc2ccc(F)cc2)cc1. The van der Waals surface area contributed by atoms with Crippen LogP contribution < -0.4 is 10.6 Å². The van der Waals surface area contributed by atoms with Crippen LogP contribution in [0.3, 0.4) is 0 Å². The Bertz CT molecular complexity index is 623. The molecule has 4 heteroatoms. The predicted octanol–water partition coefficient (Wildman–Crippen LogP) is 5.98. The third kappa shape index (κ3) is 6.41. The summed E-state index contributed by atoms with van der Waals surface area (Å²) in [5.74, 6) is -0.328. The molecular weight excluding hydrogens is 303 g/mol. The Morgan fingerprint density at radius 2 is 1.38 bits per heavy atom. The van der Waals surface area contributed by atoms with Gasteiger partial charge in [0.25, 0.3) is 0 Å². The number of anilines is 2. The molecule has 0 saturated carbocycles. The standard InChI is InChI=1S/C20H25FN2O/c1-2-3-4-5-6-7-16-8-12-18(13-9-16)22-20(24)23-19-14-10-17(21)11-15-19/h8-15H,2-7H2,1H3,(H2,22,23,24). The fourth-order valence-corrected chi connectivity index (χ4v) is 2.51. The van der Waals surface area contributed by atoms with Crippen LogP contribution in [0.4, 0.5) is 20.6 Å². The minimum Gasteiger partial charge on any atom is -0.308 e. The largest absolute Gasteiger partial charge is 0.323 e. The van der Waals surface area contributed by atoms with Crippen molar-refractivity contribution in [1.82, 2.24) is 0 Å². The molecule has 2 rings (SSSR count). The summed E-state index contributed by atoms with van der Waals surface area (Å²) in [6.07, 6.45) is 7.43. The molecule has 0 aliphatic rings. The van der Waals surface area contributed by atoms with E-state index in [1.165, 1.54) is 61.9 Å². The van der Waals surface area contributed by atoms with Gasteiger partial charge in [0.1, 0.15) is 5.82 Å². The van der Waals surface area contributed by atoms with Crippen molar-refractivity contribution in [2.75, 3.05) is 10.6 Å². The number of aryl methyl sites for hydroxylation is 1. The molecule has 0 heterocycles. The van der Waals surface area contributed by atoms with Gasteiger partial charge < -0.3 is 10.6 Å². The summed E-state index contributed by atoms with van der Waals surface area (Å²) in [5.41, 5.74) is 2.58. The Kier molecular flexibility index (Phi) is 7.27. The van der Waals surface area contributed by atoms with Crippen molar-refractivity contribution in [2.24, 2.45) is 0 Å². The zero-order valence-electron chi connectivity index (χ0n) is 14.1. The third-order valence-corrected chi connectivity index (χ3v) is 3.88. The Morgan fingerprint density at radius 1 is 0.833 bits per heavy atom. The summed E-state index contributed by atoms with van der Waals surface area (Å²) in [5, 5.41) is 5.44. The number of amides is 2. The van der Waals surface area contributed by atoms with Gasteiger partial charge in [-0.1, -0.05) is 44.7 Å². The first-order valence-electron chi connectivity index (χ1n) is 8.60. The van der Waals surface area contributed by atoms with Crippen molar-refractivity contribution < 1.29 is 9.18 Å². The minimum atomic E-state index is -0.339. The summed E-state index contributed by atoms with van der Waals surface area (Å²) in [7, 11) is 0. The number of rotatable bonds is 8. The molecule has 0 spiro atoms. The molecule has 24 heavy (non-hydrogen) atoms. The molecule has 2 aromatic rings. The third-order valence-electron chi connectivity index (χ3n) is 3.88. The highest BCUT2D eigenvalue weighted by atomic mass is 19.1. The van der Waals surface area contributed by atoms with E-state index in [4.69, 9.17) is 0 Å². The van der Waals surface area contributed by atoms with Crippen LogP contribution in [0.25, 0.3) is 0 Å². The van der Waals surface area contributed by atoms with E-state index in [9.17, 15) is 9.18 Å². The molecule has 0 bridgehead atoms. The Labute approximate surface area is 143 Å². The van der Waals surface area contributed by atoms with Crippen molar-refractivity contribution in [3.8, 4) is 0 Å². The summed E-state index contributed by atoms with van der Waals surface area (Å²) < 4.78 is 12.8. The van der Waals surface area contributed by atoms with E-state index in [-0.39, 0.29) is 11.8 Å². The first kappa shape index (κ1) is 18.0. The summed E-state index contributed by atoms with van der Waals surface area (Å²) in [6, 6.07) is 13.2. The molecule has 0 saturated heterocycles. The lowest BCUT2D eigenvalue weighted by atomic mass is 10.1. The molecule has 0 atom stereocenters. The Morgan fingerprint density at radius 3 is 1.96 bits per heavy atom. The fourth-order valence-electron chi connectivity index (χ4n) is 2.51. The van der Waals surface area contributed by atoms with Crippen molar-refractivity contribution in [3.63, 3.8) is 0 Å². The maximum Gasteiger partial charge on any atom is 0.323 e. The van der Waals surface area contributed by atoms with Crippen LogP contribution in [0.15, 0.2) is 48.5 Å². The number of unbranched alkanes of at least 4 members (excludes halogenated alkanes) is 4. The van der Waals surface area contributed by atoms with Crippen LogP contribution in [0.5, 0.6) is 0 Å². The zero-order chi connectivity index (χ0) is 17.2. The Hall–Kier alpha value is -2.36. The van der Waals surface area contributed by atoms with E-state index in [1.54, 1.807) is 0 Å². The second-order valence-electron chi connectivity index (χ2n) is 5.95. The second-order valence-corrected chi connectivity index (χ2v) is 5.95. The van der Waals surface area contributed by atoms with Crippen molar-refractivity contribution in [3.05, 3.63) is 59.9 Å². The lowest BCUT2D eigenvalue weighted by Gasteiger charge is -2.08. The number of halogens is 1. The Balaban J connectivity index is 1.76. The zero-order valence-corrected chi connectivity index (χ0v) is 14.1. The van der Waals surface area contributed by atoms with Gasteiger partial charge in [-0.05, 0) is 54.8 Å². The number of benzene rings is 2. The fraction of sp³-hybridized carbons (Fsp3) is 0.350. The highest BCUT2D eigenvalue weighted by Gasteiger charge is 2.03. The first-order chi connectivity index (χ1) is 11.7. The van der Waals surface area contributed by atoms with Gasteiger partial charge in [-0.15, -0.1) is 0 Å². The maximum absolute atomic E-state index is 12.8. The van der Waals surface area contributed by atoms with Gasteiger partial charge >= 0.3 is 6.03 Å². The maximum atomic E-state index is 12.8. The number of urea groups is 1. The number of hydrogen-bond acceptors (Lipinski definition) is 1. The monoisotopic (exact) mass is 328 g/mol. The average Bonchev–Trinajstić information content (AvgIpc) is 2.58. The van der Waals surface area contributed by atoms with E-state index in [0.717, 1.165) is 12.1 Å². The molecule has 3 nitrogen and oxygen atoms in total. The van der Waals surface area contributed by atoms with Crippen LogP contribution in [-0.2, 0) is 6.42 Å². The van der Waals surface area contributed by atoms with E-state index in [1.807, 2.05) is 24.3 Å². The van der Waals surface area contributed by atoms with E-state index in [2.05, 4.69) is 17.6 Å². The second kappa shape index (κ2) is 9.71. The molecule has 0 aliphatic carbocycles. The van der Waals surface area contributed by atoms with E-state index >= 15 is 0 Å². The van der Waals surface area contributed by atoms with Gasteiger partial charge in [0.2, 0.25) is 0 Å². The molecule has 0 unspecified atom stereocenters. The van der Waals surface area contributed by atoms with Crippen molar-refractivity contribution in [1.29, 1.82) is 0 Å². The van der Waals surface area contributed by atoms with Crippen LogP contribution in [0, 0.1) is 5.82 Å². The predicted molar refractivity (Wildman–Crippen MR) is 97.9 cm³/mol. The van der Waals surface area contributed by atoms with Gasteiger partial charge in [0, 0.05) is 11.4 Å². The molecule has 0 fully saturated rings. The van der Waals surface area contributed by atoms with Crippen molar-refractivity contribution >= 4 is 17.4 Å². The molecule has 0 aromatic heterocycles. The quantitative estimate of drug-likeness (QED) is 0.575. The lowest BCUT2D eigenvalue weighted by Crippen LogP contribution is -2.19. The van der Waals surface area contributed by atoms with Crippen LogP contribution >= 0.6 is 0 Å². The molecule has 128 valence electrons. The van der Waals surface area contributed by atoms with Gasteiger partial charge in [-0.25, -0.2) is 9.18 Å². The molecule has 0 radical (unpaired) electrons. The smallest absolute Gasteiger partial charge is 0.308 e. The molecule has 2 aromatic carbocycles. The van der Waals surface area contributed by atoms with Crippen LogP contribution in [0.1, 0.15) is 44.6 Å². The average molecular weight is 328 g/mol. The molecule has 0 aliphatic heterocycles. The highest BCUT2D eigenvalue weighted by Crippen LogP contribution is 2.14. The lowest BCUT2D eigenvalue weighted by molar-refractivity contribution is 0.262. The van der Waals surface area contributed by atoms with Gasteiger partial charge in [0.05, 0.1) is 0 Å². The number of nitrogens with one attached hydrogen (secondary N) is 2. The topological polar surface area (TPSA) is 41.1 Å². The first-order valence-corrected chi connectivity index (χ1v) is 8.60. The number of carbonyl (C=O) groups excluding carboxylic acids is 1. The summed E-state index contributed by atoms with van der Waals surface area (Å²) in [4.78, 5) is 11.9. The molecule has 2 N–H and O–H groups in total. The van der Waals surface area contributed by atoms with E-state index < -0.39 is 0 Å². The number of hydrogen-bond donors (Lipinski definition) is 2. The van der Waals surface area contributed by atoms with Crippen LogP contribution in [0.2, 0.25) is 0 Å². The van der Waals surface area contributed by atoms with Gasteiger partial charge in [-0.2, -0.15) is 0 Å². The van der Waals surface area contributed by atoms with Gasteiger partial charge in [-0.3, -0.25) is 0 Å². The number of carbonyl (C=O) groups is 1. The normalized spacial score (nSPS) is 10.4. The van der Waals surface area contributed by atoms with Gasteiger partial charge in [0.15, 0.2) is 0 Å². The van der Waals surface area contributed by atoms with Crippen LogP contribution in [-0.4, -0.2) is 6.03 Å².